The SMILES string of the molecule is CC(=O)[O][Sn][O]S(=O)(=O)CCCc1nccn1-c1ccccc1. The monoisotopic (exact) mass is 444 g/mol. The number of carbonyl (C=O) groups excluding carboxylic acids is 1. The van der Waals surface area contributed by atoms with Gasteiger partial charge in [-0.2, -0.15) is 0 Å². The van der Waals surface area contributed by atoms with Gasteiger partial charge in [-0.1, -0.05) is 0 Å². The van der Waals surface area contributed by atoms with Crippen LogP contribution in [0.25, 0.3) is 5.69 Å². The van der Waals surface area contributed by atoms with Crippen molar-refractivity contribution in [1.29, 1.82) is 0 Å². The molecule has 1 aromatic heterocycles. The Hall–Kier alpha value is -1.39. The molecule has 23 heavy (non-hydrogen) atoms. The number of carbonyl (C=O) groups is 1. The number of nitrogens with zero attached hydrogens (tertiary/aromatic N) is 2. The van der Waals surface area contributed by atoms with Crippen LogP contribution in [-0.2, 0) is 26.9 Å². The summed E-state index contributed by atoms with van der Waals surface area (Å²) in [6.07, 6.45) is 4.40. The number of para-hydroxylation sites is 1. The van der Waals surface area contributed by atoms with E-state index in [1.54, 1.807) is 6.20 Å². The molecule has 2 radical (unpaired) electrons. The average molecular weight is 443 g/mol. The van der Waals surface area contributed by atoms with Gasteiger partial charge in [-0.15, -0.1) is 0 Å². The topological polar surface area (TPSA) is 87.5 Å². The predicted octanol–water partition coefficient (Wildman–Crippen LogP) is 1.25. The Bertz CT molecular complexity index is 746. The third kappa shape index (κ3) is 5.96. The van der Waals surface area contributed by atoms with E-state index in [0.717, 1.165) is 11.5 Å². The summed E-state index contributed by atoms with van der Waals surface area (Å²) in [7, 11) is -3.65. The second-order valence-electron chi connectivity index (χ2n) is 4.67. The quantitative estimate of drug-likeness (QED) is 0.571. The van der Waals surface area contributed by atoms with Crippen LogP contribution in [0.2, 0.25) is 0 Å². The molecule has 0 amide bonds. The first kappa shape index (κ1) is 18.0. The first-order chi connectivity index (χ1) is 11.0. The van der Waals surface area contributed by atoms with Gasteiger partial charge in [-0.05, 0) is 0 Å². The van der Waals surface area contributed by atoms with E-state index in [0.29, 0.717) is 12.8 Å². The molecule has 0 saturated heterocycles. The van der Waals surface area contributed by atoms with Gasteiger partial charge in [0.1, 0.15) is 0 Å². The van der Waals surface area contributed by atoms with Gasteiger partial charge in [-0.25, -0.2) is 0 Å². The summed E-state index contributed by atoms with van der Waals surface area (Å²) in [5.41, 5.74) is 0.975. The molecule has 122 valence electrons. The van der Waals surface area contributed by atoms with Gasteiger partial charge in [0.25, 0.3) is 0 Å². The first-order valence-electron chi connectivity index (χ1n) is 6.89. The molecule has 1 heterocycles. The number of hydrogen-bond donors (Lipinski definition) is 0. The summed E-state index contributed by atoms with van der Waals surface area (Å²) in [6.45, 7) is 1.22. The molecule has 0 bridgehead atoms. The normalized spacial score (nSPS) is 11.3. The third-order valence-corrected chi connectivity index (χ3v) is 7.82. The van der Waals surface area contributed by atoms with E-state index in [1.807, 2.05) is 41.1 Å². The minimum absolute atomic E-state index is 0.128. The molecule has 7 nitrogen and oxygen atoms in total. The summed E-state index contributed by atoms with van der Waals surface area (Å²) in [5.74, 6) is 0.139. The summed E-state index contributed by atoms with van der Waals surface area (Å²) < 4.78 is 34.7. The number of imidazole rings is 1. The maximum atomic E-state index is 11.7. The van der Waals surface area contributed by atoms with Crippen molar-refractivity contribution in [1.82, 2.24) is 9.55 Å². The van der Waals surface area contributed by atoms with Crippen molar-refractivity contribution >= 4 is 38.1 Å². The Balaban J connectivity index is 1.88. The molecule has 9 heteroatoms. The van der Waals surface area contributed by atoms with Crippen molar-refractivity contribution in [2.75, 3.05) is 5.75 Å². The Kier molecular flexibility index (Phi) is 6.60. The Morgan fingerprint density at radius 3 is 2.74 bits per heavy atom. The molecule has 0 aliphatic rings. The molecule has 0 unspecified atom stereocenters. The van der Waals surface area contributed by atoms with E-state index in [9.17, 15) is 13.2 Å². The number of aromatic nitrogens is 2. The standard InChI is InChI=1S/C12H14N2O3S.C2H4O2.Sn/c15-18(16,17)10-4-7-12-13-8-9-14(12)11-5-2-1-3-6-11;1-2(3)4;/h1-3,5-6,8-9H,4,7,10H2,(H,15,16,17);1H3,(H,3,4);/q;;+2/p-2. The van der Waals surface area contributed by atoms with Gasteiger partial charge in [0.2, 0.25) is 0 Å². The zero-order valence-electron chi connectivity index (χ0n) is 12.5. The fourth-order valence-electron chi connectivity index (χ4n) is 1.92. The van der Waals surface area contributed by atoms with Crippen molar-refractivity contribution < 1.29 is 18.8 Å². The zero-order chi connectivity index (χ0) is 16.7. The van der Waals surface area contributed by atoms with E-state index in [-0.39, 0.29) is 5.75 Å². The van der Waals surface area contributed by atoms with Gasteiger partial charge in [0, 0.05) is 0 Å². The first-order valence-corrected chi connectivity index (χ1v) is 10.8. The minimum atomic E-state index is -3.65. The molecule has 0 saturated carbocycles. The maximum absolute atomic E-state index is 11.7. The van der Waals surface area contributed by atoms with Crippen molar-refractivity contribution in [3.63, 3.8) is 0 Å². The van der Waals surface area contributed by atoms with Crippen LogP contribution < -0.4 is 0 Å². The van der Waals surface area contributed by atoms with Gasteiger partial charge in [0.15, 0.2) is 0 Å². The van der Waals surface area contributed by atoms with Crippen molar-refractivity contribution in [2.45, 2.75) is 19.8 Å². The van der Waals surface area contributed by atoms with Crippen LogP contribution in [0.1, 0.15) is 19.2 Å². The number of benzene rings is 1. The van der Waals surface area contributed by atoms with Crippen molar-refractivity contribution in [3.05, 3.63) is 48.5 Å². The molecular formula is C14H16N2O5SSn. The van der Waals surface area contributed by atoms with Crippen LogP contribution in [0.5, 0.6) is 0 Å². The fraction of sp³-hybridized carbons (Fsp3) is 0.286. The zero-order valence-corrected chi connectivity index (χ0v) is 16.2. The molecule has 0 aliphatic heterocycles. The van der Waals surface area contributed by atoms with Gasteiger partial charge in [-0.3, -0.25) is 0 Å². The van der Waals surface area contributed by atoms with Crippen LogP contribution >= 0.6 is 0 Å². The molecule has 2 aromatic rings. The number of hydrogen-bond acceptors (Lipinski definition) is 6. The second kappa shape index (κ2) is 8.46. The van der Waals surface area contributed by atoms with E-state index in [1.165, 1.54) is 6.92 Å². The molecule has 0 atom stereocenters. The van der Waals surface area contributed by atoms with Crippen LogP contribution in [0.3, 0.4) is 0 Å². The predicted molar refractivity (Wildman–Crippen MR) is 84.3 cm³/mol. The number of rotatable bonds is 8. The van der Waals surface area contributed by atoms with Crippen molar-refractivity contribution in [2.24, 2.45) is 0 Å². The fourth-order valence-corrected chi connectivity index (χ4v) is 4.87. The van der Waals surface area contributed by atoms with Crippen LogP contribution in [0.4, 0.5) is 0 Å². The van der Waals surface area contributed by atoms with E-state index < -0.39 is 38.1 Å². The Labute approximate surface area is 146 Å². The second-order valence-corrected chi connectivity index (χ2v) is 8.85. The van der Waals surface area contributed by atoms with Gasteiger partial charge >= 0.3 is 146 Å². The molecule has 0 spiro atoms. The van der Waals surface area contributed by atoms with Crippen LogP contribution in [0.15, 0.2) is 42.7 Å². The summed E-state index contributed by atoms with van der Waals surface area (Å²) >= 11 is -2.11. The van der Waals surface area contributed by atoms with Crippen molar-refractivity contribution in [3.8, 4) is 5.69 Å². The Morgan fingerprint density at radius 2 is 2.04 bits per heavy atom. The van der Waals surface area contributed by atoms with E-state index in [4.69, 9.17) is 2.52 Å². The molecule has 0 N–H and O–H groups in total. The molecular weight excluding hydrogens is 427 g/mol. The summed E-state index contributed by atoms with van der Waals surface area (Å²) in [6, 6.07) is 9.70. The van der Waals surface area contributed by atoms with Gasteiger partial charge in [0.05, 0.1) is 0 Å². The van der Waals surface area contributed by atoms with Crippen LogP contribution in [-0.4, -0.2) is 51.7 Å². The average Bonchev–Trinajstić information content (AvgIpc) is 2.96. The molecule has 2 rings (SSSR count). The van der Waals surface area contributed by atoms with Gasteiger partial charge < -0.3 is 0 Å². The van der Waals surface area contributed by atoms with Crippen LogP contribution in [0, 0.1) is 0 Å². The van der Waals surface area contributed by atoms with E-state index in [2.05, 4.69) is 8.06 Å². The summed E-state index contributed by atoms with van der Waals surface area (Å²) in [5, 5.41) is 0. The third-order valence-electron chi connectivity index (χ3n) is 2.89. The summed E-state index contributed by atoms with van der Waals surface area (Å²) in [4.78, 5) is 14.9. The molecule has 1 aromatic carbocycles. The Morgan fingerprint density at radius 1 is 1.30 bits per heavy atom. The number of aryl methyl sites for hydroxylation is 1. The molecule has 0 fully saturated rings. The van der Waals surface area contributed by atoms with E-state index >= 15 is 0 Å². The molecule has 0 aliphatic carbocycles.